The molecule has 0 saturated carbocycles. The predicted octanol–water partition coefficient (Wildman–Crippen LogP) is 2.90. The Morgan fingerprint density at radius 1 is 0.625 bits per heavy atom. The molecule has 0 atom stereocenters. The van der Waals surface area contributed by atoms with Gasteiger partial charge in [-0.25, -0.2) is 0 Å². The highest BCUT2D eigenvalue weighted by molar-refractivity contribution is 5.96. The first-order valence-corrected chi connectivity index (χ1v) is 8.26. The highest BCUT2D eigenvalue weighted by Crippen LogP contribution is 2.13. The van der Waals surface area contributed by atoms with Crippen LogP contribution in [0.5, 0.6) is 0 Å². The Balaban J connectivity index is 1.61. The molecular formula is C20H22N2O2. The van der Waals surface area contributed by atoms with Crippen molar-refractivity contribution in [1.29, 1.82) is 0 Å². The highest BCUT2D eigenvalue weighted by Gasteiger charge is 2.25. The zero-order chi connectivity index (χ0) is 17.1. The Hall–Kier alpha value is -2.62. The van der Waals surface area contributed by atoms with Gasteiger partial charge in [-0.05, 0) is 38.1 Å². The lowest BCUT2D eigenvalue weighted by Crippen LogP contribution is -2.50. The lowest BCUT2D eigenvalue weighted by molar-refractivity contribution is 0.0535. The summed E-state index contributed by atoms with van der Waals surface area (Å²) in [6.45, 7) is 6.30. The molecule has 0 aliphatic carbocycles. The number of aryl methyl sites for hydroxylation is 2. The number of hydrogen-bond donors (Lipinski definition) is 0. The van der Waals surface area contributed by atoms with Crippen molar-refractivity contribution >= 4 is 11.8 Å². The van der Waals surface area contributed by atoms with Crippen molar-refractivity contribution in [1.82, 2.24) is 9.80 Å². The van der Waals surface area contributed by atoms with E-state index < -0.39 is 0 Å². The van der Waals surface area contributed by atoms with Crippen molar-refractivity contribution < 1.29 is 9.59 Å². The first-order chi connectivity index (χ1) is 11.5. The van der Waals surface area contributed by atoms with Crippen LogP contribution in [-0.2, 0) is 0 Å². The van der Waals surface area contributed by atoms with Gasteiger partial charge in [-0.1, -0.05) is 35.4 Å². The van der Waals surface area contributed by atoms with Crippen LogP contribution >= 0.6 is 0 Å². The summed E-state index contributed by atoms with van der Waals surface area (Å²) >= 11 is 0. The van der Waals surface area contributed by atoms with Crippen LogP contribution in [0.2, 0.25) is 0 Å². The third kappa shape index (κ3) is 3.48. The molecule has 0 aromatic heterocycles. The summed E-state index contributed by atoms with van der Waals surface area (Å²) in [5, 5.41) is 0. The minimum Gasteiger partial charge on any atom is -0.335 e. The van der Waals surface area contributed by atoms with Gasteiger partial charge < -0.3 is 9.80 Å². The van der Waals surface area contributed by atoms with Gasteiger partial charge in [0.2, 0.25) is 0 Å². The Kier molecular flexibility index (Phi) is 4.65. The summed E-state index contributed by atoms with van der Waals surface area (Å²) in [6.07, 6.45) is 0. The molecule has 2 aromatic carbocycles. The summed E-state index contributed by atoms with van der Waals surface area (Å²) in [5.41, 5.74) is 3.69. The standard InChI is InChI=1S/C20H22N2O2/c1-15-3-7-17(8-4-15)19(23)21-11-13-22(14-12-21)20(24)18-9-5-16(2)6-10-18/h3-10H,11-14H2,1-2H3. The van der Waals surface area contributed by atoms with Crippen LogP contribution in [0.25, 0.3) is 0 Å². The summed E-state index contributed by atoms with van der Waals surface area (Å²) in [5.74, 6) is 0.0786. The van der Waals surface area contributed by atoms with Crippen LogP contribution in [-0.4, -0.2) is 47.8 Å². The number of rotatable bonds is 2. The summed E-state index contributed by atoms with van der Waals surface area (Å²) in [4.78, 5) is 28.7. The van der Waals surface area contributed by atoms with Crippen LogP contribution < -0.4 is 0 Å². The highest BCUT2D eigenvalue weighted by atomic mass is 16.2. The molecule has 24 heavy (non-hydrogen) atoms. The average molecular weight is 322 g/mol. The molecule has 1 saturated heterocycles. The summed E-state index contributed by atoms with van der Waals surface area (Å²) in [7, 11) is 0. The lowest BCUT2D eigenvalue weighted by Gasteiger charge is -2.35. The van der Waals surface area contributed by atoms with Crippen LogP contribution in [0.15, 0.2) is 48.5 Å². The zero-order valence-corrected chi connectivity index (χ0v) is 14.2. The van der Waals surface area contributed by atoms with Crippen molar-refractivity contribution in [3.8, 4) is 0 Å². The molecule has 0 spiro atoms. The van der Waals surface area contributed by atoms with Gasteiger partial charge in [0.1, 0.15) is 0 Å². The molecule has 0 unspecified atom stereocenters. The van der Waals surface area contributed by atoms with Crippen molar-refractivity contribution in [3.63, 3.8) is 0 Å². The number of benzene rings is 2. The SMILES string of the molecule is Cc1ccc(C(=O)N2CCN(C(=O)c3ccc(C)cc3)CC2)cc1. The third-order valence-corrected chi connectivity index (χ3v) is 4.45. The van der Waals surface area contributed by atoms with Gasteiger partial charge in [0, 0.05) is 37.3 Å². The largest absolute Gasteiger partial charge is 0.335 e. The molecule has 1 fully saturated rings. The Bertz CT molecular complexity index is 662. The van der Waals surface area contributed by atoms with Gasteiger partial charge >= 0.3 is 0 Å². The Morgan fingerprint density at radius 2 is 0.917 bits per heavy atom. The van der Waals surface area contributed by atoms with E-state index >= 15 is 0 Å². The molecular weight excluding hydrogens is 300 g/mol. The number of carbonyl (C=O) groups is 2. The Labute approximate surface area is 142 Å². The molecule has 0 radical (unpaired) electrons. The maximum absolute atomic E-state index is 12.5. The van der Waals surface area contributed by atoms with Gasteiger partial charge in [0.15, 0.2) is 0 Å². The smallest absolute Gasteiger partial charge is 0.253 e. The number of nitrogens with zero attached hydrogens (tertiary/aromatic N) is 2. The molecule has 2 aromatic rings. The molecule has 1 aliphatic rings. The fraction of sp³-hybridized carbons (Fsp3) is 0.300. The third-order valence-electron chi connectivity index (χ3n) is 4.45. The van der Waals surface area contributed by atoms with Gasteiger partial charge in [-0.3, -0.25) is 9.59 Å². The predicted molar refractivity (Wildman–Crippen MR) is 94.2 cm³/mol. The van der Waals surface area contributed by atoms with Gasteiger partial charge in [0.05, 0.1) is 0 Å². The molecule has 1 aliphatic heterocycles. The van der Waals surface area contributed by atoms with E-state index in [-0.39, 0.29) is 11.8 Å². The molecule has 4 heteroatoms. The van der Waals surface area contributed by atoms with Gasteiger partial charge in [-0.2, -0.15) is 0 Å². The fourth-order valence-electron chi connectivity index (χ4n) is 2.87. The lowest BCUT2D eigenvalue weighted by atomic mass is 10.1. The molecule has 4 nitrogen and oxygen atoms in total. The van der Waals surface area contributed by atoms with E-state index in [1.54, 1.807) is 0 Å². The van der Waals surface area contributed by atoms with Gasteiger partial charge in [-0.15, -0.1) is 0 Å². The first-order valence-electron chi connectivity index (χ1n) is 8.26. The van der Waals surface area contributed by atoms with E-state index in [1.165, 1.54) is 0 Å². The van der Waals surface area contributed by atoms with Crippen molar-refractivity contribution in [2.24, 2.45) is 0 Å². The molecule has 2 amide bonds. The van der Waals surface area contributed by atoms with E-state index in [2.05, 4.69) is 0 Å². The van der Waals surface area contributed by atoms with Crippen molar-refractivity contribution in [2.75, 3.05) is 26.2 Å². The van der Waals surface area contributed by atoms with Crippen LogP contribution in [0, 0.1) is 13.8 Å². The molecule has 1 heterocycles. The minimum absolute atomic E-state index is 0.0393. The van der Waals surface area contributed by atoms with Crippen molar-refractivity contribution in [3.05, 3.63) is 70.8 Å². The summed E-state index contributed by atoms with van der Waals surface area (Å²) < 4.78 is 0. The maximum Gasteiger partial charge on any atom is 0.253 e. The Morgan fingerprint density at radius 3 is 1.21 bits per heavy atom. The second kappa shape index (κ2) is 6.87. The quantitative estimate of drug-likeness (QED) is 0.853. The summed E-state index contributed by atoms with van der Waals surface area (Å²) in [6, 6.07) is 15.2. The molecule has 124 valence electrons. The van der Waals surface area contributed by atoms with E-state index in [4.69, 9.17) is 0 Å². The van der Waals surface area contributed by atoms with Crippen LogP contribution in [0.4, 0.5) is 0 Å². The number of piperazine rings is 1. The second-order valence-electron chi connectivity index (χ2n) is 6.32. The van der Waals surface area contributed by atoms with Crippen LogP contribution in [0.1, 0.15) is 31.8 Å². The van der Waals surface area contributed by atoms with Crippen molar-refractivity contribution in [2.45, 2.75) is 13.8 Å². The number of carbonyl (C=O) groups excluding carboxylic acids is 2. The number of hydrogen-bond acceptors (Lipinski definition) is 2. The zero-order valence-electron chi connectivity index (χ0n) is 14.2. The van der Waals surface area contributed by atoms with E-state index in [9.17, 15) is 9.59 Å². The van der Waals surface area contributed by atoms with E-state index in [0.717, 1.165) is 11.1 Å². The monoisotopic (exact) mass is 322 g/mol. The molecule has 3 rings (SSSR count). The molecule has 0 N–H and O–H groups in total. The van der Waals surface area contributed by atoms with Crippen LogP contribution in [0.3, 0.4) is 0 Å². The molecule has 0 bridgehead atoms. The maximum atomic E-state index is 12.5. The van der Waals surface area contributed by atoms with Gasteiger partial charge in [0.25, 0.3) is 11.8 Å². The average Bonchev–Trinajstić information content (AvgIpc) is 2.62. The van der Waals surface area contributed by atoms with E-state index in [0.29, 0.717) is 37.3 Å². The van der Waals surface area contributed by atoms with E-state index in [1.807, 2.05) is 72.2 Å². The second-order valence-corrected chi connectivity index (χ2v) is 6.32. The fourth-order valence-corrected chi connectivity index (χ4v) is 2.87. The topological polar surface area (TPSA) is 40.6 Å². The minimum atomic E-state index is 0.0393. The number of amides is 2. The first kappa shape index (κ1) is 16.2. The normalized spacial score (nSPS) is 14.6.